The van der Waals surface area contributed by atoms with Gasteiger partial charge in [0.15, 0.2) is 0 Å². The van der Waals surface area contributed by atoms with Gasteiger partial charge in [0.1, 0.15) is 5.82 Å². The minimum absolute atomic E-state index is 0.00206. The van der Waals surface area contributed by atoms with Gasteiger partial charge in [0, 0.05) is 43.9 Å². The summed E-state index contributed by atoms with van der Waals surface area (Å²) in [6.07, 6.45) is 3.74. The third kappa shape index (κ3) is 4.22. The Morgan fingerprint density at radius 1 is 1.17 bits per heavy atom. The van der Waals surface area contributed by atoms with Gasteiger partial charge in [-0.25, -0.2) is 4.98 Å². The Morgan fingerprint density at radius 3 is 2.80 bits per heavy atom. The fourth-order valence-corrected chi connectivity index (χ4v) is 4.07. The highest BCUT2D eigenvalue weighted by atomic mass is 16.1. The molecule has 3 aromatic rings. The number of nitrogens with zero attached hydrogens (tertiary/aromatic N) is 3. The third-order valence-electron chi connectivity index (χ3n) is 5.72. The molecule has 0 radical (unpaired) electrons. The first kappa shape index (κ1) is 20.1. The normalized spacial score (nSPS) is 13.1. The highest BCUT2D eigenvalue weighted by molar-refractivity contribution is 5.97. The first-order valence-corrected chi connectivity index (χ1v) is 10.8. The number of amides is 1. The number of carbonyl (C=O) groups is 1. The van der Waals surface area contributed by atoms with Crippen LogP contribution in [0.2, 0.25) is 0 Å². The van der Waals surface area contributed by atoms with Crippen molar-refractivity contribution in [3.63, 3.8) is 0 Å². The van der Waals surface area contributed by atoms with E-state index in [9.17, 15) is 9.59 Å². The van der Waals surface area contributed by atoms with E-state index < -0.39 is 0 Å². The molecule has 6 heteroatoms. The quantitative estimate of drug-likeness (QED) is 0.613. The molecule has 1 amide bonds. The van der Waals surface area contributed by atoms with Crippen molar-refractivity contribution in [1.82, 2.24) is 14.9 Å². The number of anilines is 1. The number of hydrogen-bond acceptors (Lipinski definition) is 4. The van der Waals surface area contributed by atoms with Crippen molar-refractivity contribution in [1.29, 1.82) is 0 Å². The Bertz CT molecular complexity index is 1090. The molecule has 0 atom stereocenters. The summed E-state index contributed by atoms with van der Waals surface area (Å²) in [5.74, 6) is 0.705. The summed E-state index contributed by atoms with van der Waals surface area (Å²) in [5, 5.41) is 3.58. The number of hydrogen-bond donors (Lipinski definition) is 1. The van der Waals surface area contributed by atoms with E-state index in [-0.39, 0.29) is 11.5 Å². The minimum Gasteiger partial charge on any atom is -0.372 e. The fourth-order valence-electron chi connectivity index (χ4n) is 4.07. The van der Waals surface area contributed by atoms with E-state index in [1.165, 1.54) is 5.69 Å². The summed E-state index contributed by atoms with van der Waals surface area (Å²) in [7, 11) is 0. The van der Waals surface area contributed by atoms with E-state index in [1.54, 1.807) is 22.8 Å². The highest BCUT2D eigenvalue weighted by Crippen LogP contribution is 2.16. The van der Waals surface area contributed by atoms with E-state index in [0.717, 1.165) is 51.1 Å². The predicted molar refractivity (Wildman–Crippen MR) is 120 cm³/mol. The molecule has 1 aromatic heterocycles. The van der Waals surface area contributed by atoms with Crippen LogP contribution >= 0.6 is 0 Å². The minimum atomic E-state index is -0.126. The zero-order chi connectivity index (χ0) is 20.9. The summed E-state index contributed by atoms with van der Waals surface area (Å²) in [6, 6.07) is 15.5. The second-order valence-corrected chi connectivity index (χ2v) is 7.70. The number of aryl methyl sites for hydroxylation is 1. The van der Waals surface area contributed by atoms with Gasteiger partial charge in [-0.1, -0.05) is 18.2 Å². The van der Waals surface area contributed by atoms with Gasteiger partial charge >= 0.3 is 0 Å². The van der Waals surface area contributed by atoms with E-state index in [0.29, 0.717) is 23.0 Å². The Balaban J connectivity index is 1.39. The predicted octanol–water partition coefficient (Wildman–Crippen LogP) is 3.38. The van der Waals surface area contributed by atoms with E-state index in [1.807, 2.05) is 18.2 Å². The molecule has 0 aliphatic carbocycles. The highest BCUT2D eigenvalue weighted by Gasteiger charge is 2.16. The van der Waals surface area contributed by atoms with Gasteiger partial charge in [0.2, 0.25) is 0 Å². The van der Waals surface area contributed by atoms with Crippen molar-refractivity contribution in [3.8, 4) is 0 Å². The molecule has 0 unspecified atom stereocenters. The number of rotatable bonds is 7. The van der Waals surface area contributed by atoms with Gasteiger partial charge < -0.3 is 10.2 Å². The molecule has 2 aromatic carbocycles. The molecule has 6 nitrogen and oxygen atoms in total. The maximum absolute atomic E-state index is 12.7. The Hall–Kier alpha value is -3.15. The molecular formula is C24H28N4O2. The number of nitrogens with one attached hydrogen (secondary N) is 1. The van der Waals surface area contributed by atoms with E-state index in [4.69, 9.17) is 0 Å². The topological polar surface area (TPSA) is 67.2 Å². The lowest BCUT2D eigenvalue weighted by Crippen LogP contribution is -2.30. The molecule has 1 N–H and O–H groups in total. The number of aromatic nitrogens is 2. The average molecular weight is 405 g/mol. The van der Waals surface area contributed by atoms with Crippen molar-refractivity contribution >= 4 is 22.5 Å². The first-order valence-electron chi connectivity index (χ1n) is 10.8. The summed E-state index contributed by atoms with van der Waals surface area (Å²) >= 11 is 0. The van der Waals surface area contributed by atoms with Gasteiger partial charge in [-0.15, -0.1) is 0 Å². The molecular weight excluding hydrogens is 376 g/mol. The van der Waals surface area contributed by atoms with Crippen molar-refractivity contribution in [2.75, 3.05) is 24.5 Å². The lowest BCUT2D eigenvalue weighted by molar-refractivity contribution is 0.0953. The van der Waals surface area contributed by atoms with Gasteiger partial charge in [0.05, 0.1) is 10.9 Å². The molecule has 156 valence electrons. The van der Waals surface area contributed by atoms with Gasteiger partial charge in [-0.3, -0.25) is 14.2 Å². The molecule has 1 aliphatic heterocycles. The molecule has 0 fully saturated rings. The molecule has 0 spiro atoms. The largest absolute Gasteiger partial charge is 0.372 e. The number of fused-ring (bicyclic) bond motifs is 2. The van der Waals surface area contributed by atoms with Crippen LogP contribution in [0.1, 0.15) is 42.4 Å². The summed E-state index contributed by atoms with van der Waals surface area (Å²) in [5.41, 5.74) is 2.36. The van der Waals surface area contributed by atoms with Crippen LogP contribution in [0.5, 0.6) is 0 Å². The smallest absolute Gasteiger partial charge is 0.261 e. The number of para-hydroxylation sites is 1. The molecule has 2 heterocycles. The fraction of sp³-hybridized carbons (Fsp3) is 0.375. The first-order chi connectivity index (χ1) is 14.7. The summed E-state index contributed by atoms with van der Waals surface area (Å²) in [4.78, 5) is 32.3. The van der Waals surface area contributed by atoms with Crippen LogP contribution in [0.15, 0.2) is 53.3 Å². The van der Waals surface area contributed by atoms with Crippen LogP contribution in [0.4, 0.5) is 5.69 Å². The van der Waals surface area contributed by atoms with Crippen LogP contribution < -0.4 is 15.8 Å². The van der Waals surface area contributed by atoms with Crippen molar-refractivity contribution < 1.29 is 4.79 Å². The van der Waals surface area contributed by atoms with Gasteiger partial charge in [-0.05, 0) is 56.5 Å². The monoisotopic (exact) mass is 404 g/mol. The van der Waals surface area contributed by atoms with Crippen LogP contribution in [0.3, 0.4) is 0 Å². The third-order valence-corrected chi connectivity index (χ3v) is 5.72. The summed E-state index contributed by atoms with van der Waals surface area (Å²) in [6.45, 7) is 5.27. The second kappa shape index (κ2) is 9.11. The van der Waals surface area contributed by atoms with Crippen molar-refractivity contribution in [2.24, 2.45) is 0 Å². The van der Waals surface area contributed by atoms with E-state index in [2.05, 4.69) is 34.3 Å². The molecule has 0 saturated heterocycles. The lowest BCUT2D eigenvalue weighted by atomic mass is 10.1. The maximum Gasteiger partial charge on any atom is 0.261 e. The van der Waals surface area contributed by atoms with Gasteiger partial charge in [0.25, 0.3) is 11.5 Å². The lowest BCUT2D eigenvalue weighted by Gasteiger charge is -2.23. The van der Waals surface area contributed by atoms with Crippen LogP contribution in [-0.4, -0.2) is 35.1 Å². The van der Waals surface area contributed by atoms with Gasteiger partial charge in [-0.2, -0.15) is 0 Å². The Morgan fingerprint density at radius 2 is 2.00 bits per heavy atom. The Labute approximate surface area is 176 Å². The average Bonchev–Trinajstić information content (AvgIpc) is 2.79. The number of benzene rings is 2. The SMILES string of the molecule is CCN(CCCNC(=O)c1ccc2c(=O)n3c(nc2c1)CCCC3)c1ccccc1. The van der Waals surface area contributed by atoms with Crippen molar-refractivity contribution in [2.45, 2.75) is 39.2 Å². The molecule has 1 aliphatic rings. The summed E-state index contributed by atoms with van der Waals surface area (Å²) < 4.78 is 1.78. The Kier molecular flexibility index (Phi) is 6.12. The second-order valence-electron chi connectivity index (χ2n) is 7.70. The molecule has 4 rings (SSSR count). The van der Waals surface area contributed by atoms with Crippen LogP contribution in [0, 0.1) is 0 Å². The van der Waals surface area contributed by atoms with Crippen LogP contribution in [0.25, 0.3) is 10.9 Å². The molecule has 0 saturated carbocycles. The van der Waals surface area contributed by atoms with E-state index >= 15 is 0 Å². The zero-order valence-corrected chi connectivity index (χ0v) is 17.4. The van der Waals surface area contributed by atoms with Crippen molar-refractivity contribution in [3.05, 3.63) is 70.3 Å². The zero-order valence-electron chi connectivity index (χ0n) is 17.4. The standard InChI is InChI=1S/C24H28N4O2/c1-2-27(19-9-4-3-5-10-19)15-8-14-25-23(29)18-12-13-20-21(17-18)26-22-11-6-7-16-28(22)24(20)30/h3-5,9-10,12-13,17H,2,6-8,11,14-16H2,1H3,(H,25,29). The van der Waals surface area contributed by atoms with Crippen LogP contribution in [-0.2, 0) is 13.0 Å². The molecule has 30 heavy (non-hydrogen) atoms. The molecule has 0 bridgehead atoms. The number of carbonyl (C=O) groups excluding carboxylic acids is 1. The maximum atomic E-state index is 12.7.